The fourth-order valence-electron chi connectivity index (χ4n) is 3.37. The molecular formula is C19H26N4O5. The maximum absolute atomic E-state index is 12.5. The number of ether oxygens (including phenoxy) is 1. The van der Waals surface area contributed by atoms with Crippen molar-refractivity contribution in [2.45, 2.75) is 25.4 Å². The van der Waals surface area contributed by atoms with E-state index in [1.165, 1.54) is 9.47 Å². The van der Waals surface area contributed by atoms with E-state index in [2.05, 4.69) is 5.32 Å². The Balaban J connectivity index is 1.58. The van der Waals surface area contributed by atoms with Crippen LogP contribution in [0.15, 0.2) is 33.5 Å². The van der Waals surface area contributed by atoms with E-state index in [4.69, 9.17) is 9.15 Å². The van der Waals surface area contributed by atoms with Crippen LogP contribution in [-0.4, -0.2) is 72.7 Å². The number of para-hydroxylation sites is 2. The van der Waals surface area contributed by atoms with E-state index in [0.717, 1.165) is 12.8 Å². The number of hydrogen-bond acceptors (Lipinski definition) is 5. The molecule has 0 bridgehead atoms. The van der Waals surface area contributed by atoms with Gasteiger partial charge in [0, 0.05) is 46.4 Å². The molecule has 0 unspecified atom stereocenters. The van der Waals surface area contributed by atoms with Gasteiger partial charge in [0.25, 0.3) is 0 Å². The summed E-state index contributed by atoms with van der Waals surface area (Å²) in [4.78, 5) is 40.1. The molecule has 0 radical (unpaired) electrons. The van der Waals surface area contributed by atoms with E-state index >= 15 is 0 Å². The van der Waals surface area contributed by atoms with Crippen LogP contribution in [-0.2, 0) is 16.1 Å². The Hall–Kier alpha value is -2.81. The van der Waals surface area contributed by atoms with Crippen molar-refractivity contribution < 1.29 is 18.7 Å². The second-order valence-electron chi connectivity index (χ2n) is 6.99. The Morgan fingerprint density at radius 3 is 2.64 bits per heavy atom. The number of carbonyl (C=O) groups is 2. The van der Waals surface area contributed by atoms with Gasteiger partial charge in [0.05, 0.1) is 5.52 Å². The fraction of sp³-hybridized carbons (Fsp3) is 0.526. The number of nitrogens with zero attached hydrogens (tertiary/aromatic N) is 3. The first-order valence-corrected chi connectivity index (χ1v) is 9.38. The number of urea groups is 1. The lowest BCUT2D eigenvalue weighted by molar-refractivity contribution is -0.121. The molecule has 1 aliphatic heterocycles. The average molecular weight is 390 g/mol. The van der Waals surface area contributed by atoms with Gasteiger partial charge in [-0.05, 0) is 25.0 Å². The molecule has 152 valence electrons. The first-order chi connectivity index (χ1) is 13.5. The maximum Gasteiger partial charge on any atom is 0.420 e. The van der Waals surface area contributed by atoms with Gasteiger partial charge in [-0.3, -0.25) is 9.36 Å². The molecule has 2 aromatic rings. The Kier molecular flexibility index (Phi) is 6.35. The molecular weight excluding hydrogens is 364 g/mol. The SMILES string of the molecule is CN(C)C(=O)N(CCNC(=O)Cn1c(=O)oc2ccccc21)C1CCOCC1. The van der Waals surface area contributed by atoms with Crippen LogP contribution < -0.4 is 11.1 Å². The molecule has 3 rings (SSSR count). The lowest BCUT2D eigenvalue weighted by atomic mass is 10.1. The average Bonchev–Trinajstić information content (AvgIpc) is 3.00. The zero-order chi connectivity index (χ0) is 20.1. The smallest absolute Gasteiger partial charge is 0.408 e. The number of benzene rings is 1. The quantitative estimate of drug-likeness (QED) is 0.790. The molecule has 1 saturated heterocycles. The van der Waals surface area contributed by atoms with Gasteiger partial charge in [0.2, 0.25) is 5.91 Å². The molecule has 0 aliphatic carbocycles. The third-order valence-corrected chi connectivity index (χ3v) is 4.81. The largest absolute Gasteiger partial charge is 0.420 e. The predicted molar refractivity (Wildman–Crippen MR) is 103 cm³/mol. The normalized spacial score (nSPS) is 14.8. The summed E-state index contributed by atoms with van der Waals surface area (Å²) in [7, 11) is 3.42. The zero-order valence-electron chi connectivity index (χ0n) is 16.2. The van der Waals surface area contributed by atoms with Crippen LogP contribution in [0.1, 0.15) is 12.8 Å². The van der Waals surface area contributed by atoms with E-state index in [0.29, 0.717) is 37.4 Å². The van der Waals surface area contributed by atoms with E-state index in [-0.39, 0.29) is 24.5 Å². The summed E-state index contributed by atoms with van der Waals surface area (Å²) in [6.07, 6.45) is 1.56. The van der Waals surface area contributed by atoms with Gasteiger partial charge in [0.15, 0.2) is 5.58 Å². The highest BCUT2D eigenvalue weighted by Gasteiger charge is 2.26. The summed E-state index contributed by atoms with van der Waals surface area (Å²) >= 11 is 0. The van der Waals surface area contributed by atoms with E-state index in [1.807, 2.05) is 0 Å². The third kappa shape index (κ3) is 4.53. The van der Waals surface area contributed by atoms with Crippen LogP contribution in [0.25, 0.3) is 11.1 Å². The maximum atomic E-state index is 12.5. The predicted octanol–water partition coefficient (Wildman–Crippen LogP) is 0.873. The minimum absolute atomic E-state index is 0.0850. The van der Waals surface area contributed by atoms with Gasteiger partial charge in [-0.25, -0.2) is 9.59 Å². The van der Waals surface area contributed by atoms with Crippen molar-refractivity contribution >= 4 is 23.0 Å². The molecule has 9 nitrogen and oxygen atoms in total. The molecule has 0 spiro atoms. The minimum atomic E-state index is -0.567. The number of oxazole rings is 1. The van der Waals surface area contributed by atoms with E-state index in [1.54, 1.807) is 43.3 Å². The third-order valence-electron chi connectivity index (χ3n) is 4.81. The molecule has 1 aromatic heterocycles. The number of fused-ring (bicyclic) bond motifs is 1. The Labute approximate surface area is 162 Å². The lowest BCUT2D eigenvalue weighted by Gasteiger charge is -2.36. The van der Waals surface area contributed by atoms with Crippen molar-refractivity contribution in [1.82, 2.24) is 19.7 Å². The van der Waals surface area contributed by atoms with Crippen molar-refractivity contribution in [1.29, 1.82) is 0 Å². The van der Waals surface area contributed by atoms with Crippen molar-refractivity contribution in [2.75, 3.05) is 40.4 Å². The number of carbonyl (C=O) groups excluding carboxylic acids is 2. The van der Waals surface area contributed by atoms with Gasteiger partial charge in [-0.2, -0.15) is 0 Å². The Bertz CT molecular complexity index is 882. The molecule has 1 N–H and O–H groups in total. The summed E-state index contributed by atoms with van der Waals surface area (Å²) in [5.74, 6) is -0.874. The number of nitrogens with one attached hydrogen (secondary N) is 1. The molecule has 0 atom stereocenters. The van der Waals surface area contributed by atoms with Gasteiger partial charge >= 0.3 is 11.8 Å². The van der Waals surface area contributed by atoms with Gasteiger partial charge in [-0.1, -0.05) is 12.1 Å². The summed E-state index contributed by atoms with van der Waals surface area (Å²) in [6, 6.07) is 6.98. The standard InChI is InChI=1S/C19H26N4O5/c1-21(2)18(25)22(14-7-11-27-12-8-14)10-9-20-17(24)13-23-15-5-3-4-6-16(15)28-19(23)26/h3-6,14H,7-13H2,1-2H3,(H,20,24). The lowest BCUT2D eigenvalue weighted by Crippen LogP contribution is -2.50. The molecule has 1 aromatic carbocycles. The van der Waals surface area contributed by atoms with Crippen LogP contribution in [0.3, 0.4) is 0 Å². The van der Waals surface area contributed by atoms with Crippen LogP contribution >= 0.6 is 0 Å². The highest BCUT2D eigenvalue weighted by atomic mass is 16.5. The highest BCUT2D eigenvalue weighted by Crippen LogP contribution is 2.15. The highest BCUT2D eigenvalue weighted by molar-refractivity contribution is 5.79. The summed E-state index contributed by atoms with van der Waals surface area (Å²) in [5, 5.41) is 2.79. The number of aromatic nitrogens is 1. The second-order valence-corrected chi connectivity index (χ2v) is 6.99. The summed E-state index contributed by atoms with van der Waals surface area (Å²) in [5.41, 5.74) is 1.02. The molecule has 0 saturated carbocycles. The number of hydrogen-bond donors (Lipinski definition) is 1. The fourth-order valence-corrected chi connectivity index (χ4v) is 3.37. The minimum Gasteiger partial charge on any atom is -0.408 e. The van der Waals surface area contributed by atoms with Crippen molar-refractivity contribution in [3.63, 3.8) is 0 Å². The molecule has 3 amide bonds. The van der Waals surface area contributed by atoms with Crippen molar-refractivity contribution in [3.05, 3.63) is 34.8 Å². The Morgan fingerprint density at radius 2 is 1.93 bits per heavy atom. The van der Waals surface area contributed by atoms with Gasteiger partial charge in [-0.15, -0.1) is 0 Å². The first-order valence-electron chi connectivity index (χ1n) is 9.38. The number of amides is 3. The topological polar surface area (TPSA) is 97.0 Å². The Morgan fingerprint density at radius 1 is 1.21 bits per heavy atom. The monoisotopic (exact) mass is 390 g/mol. The van der Waals surface area contributed by atoms with Crippen LogP contribution in [0.4, 0.5) is 4.79 Å². The molecule has 9 heteroatoms. The van der Waals surface area contributed by atoms with Crippen LogP contribution in [0.5, 0.6) is 0 Å². The van der Waals surface area contributed by atoms with Crippen LogP contribution in [0, 0.1) is 0 Å². The van der Waals surface area contributed by atoms with Crippen molar-refractivity contribution in [2.24, 2.45) is 0 Å². The first kappa shape index (κ1) is 19.9. The van der Waals surface area contributed by atoms with Gasteiger partial charge < -0.3 is 24.3 Å². The van der Waals surface area contributed by atoms with E-state index < -0.39 is 5.76 Å². The zero-order valence-corrected chi connectivity index (χ0v) is 16.2. The number of rotatable bonds is 6. The molecule has 28 heavy (non-hydrogen) atoms. The van der Waals surface area contributed by atoms with E-state index in [9.17, 15) is 14.4 Å². The molecule has 2 heterocycles. The summed E-state index contributed by atoms with van der Waals surface area (Å²) < 4.78 is 11.8. The van der Waals surface area contributed by atoms with Crippen LogP contribution in [0.2, 0.25) is 0 Å². The second kappa shape index (κ2) is 8.92. The van der Waals surface area contributed by atoms with Gasteiger partial charge in [0.1, 0.15) is 6.54 Å². The summed E-state index contributed by atoms with van der Waals surface area (Å²) in [6.45, 7) is 1.83. The van der Waals surface area contributed by atoms with Crippen molar-refractivity contribution in [3.8, 4) is 0 Å². The molecule has 1 fully saturated rings. The molecule has 1 aliphatic rings.